The summed E-state index contributed by atoms with van der Waals surface area (Å²) in [6.07, 6.45) is 4.25. The van der Waals surface area contributed by atoms with Crippen molar-refractivity contribution in [1.82, 2.24) is 9.88 Å². The third-order valence-electron chi connectivity index (χ3n) is 2.83. The zero-order valence-electron chi connectivity index (χ0n) is 10.8. The van der Waals surface area contributed by atoms with Crippen molar-refractivity contribution >= 4 is 5.91 Å². The smallest absolute Gasteiger partial charge is 0.224 e. The summed E-state index contributed by atoms with van der Waals surface area (Å²) in [5.41, 5.74) is 2.59. The molecule has 4 heteroatoms. The van der Waals surface area contributed by atoms with E-state index in [0.717, 1.165) is 11.1 Å². The number of nitrogens with zero attached hydrogens (tertiary/aromatic N) is 2. The van der Waals surface area contributed by atoms with Crippen LogP contribution in [0.1, 0.15) is 16.7 Å². The monoisotopic (exact) mass is 253 g/mol. The van der Waals surface area contributed by atoms with Crippen LogP contribution in [0, 0.1) is 11.3 Å². The van der Waals surface area contributed by atoms with Crippen LogP contribution < -0.4 is 5.32 Å². The molecule has 0 saturated carbocycles. The summed E-state index contributed by atoms with van der Waals surface area (Å²) in [6.45, 7) is 0.538. The second-order valence-electron chi connectivity index (χ2n) is 4.45. The van der Waals surface area contributed by atoms with Crippen LogP contribution in [-0.4, -0.2) is 10.5 Å². The maximum Gasteiger partial charge on any atom is 0.224 e. The molecule has 0 radical (unpaired) electrons. The summed E-state index contributed by atoms with van der Waals surface area (Å²) in [5, 5.41) is 11.6. The van der Waals surface area contributed by atoms with Crippen LogP contribution in [0.3, 0.4) is 0 Å². The van der Waals surface area contributed by atoms with Gasteiger partial charge in [-0.3, -0.25) is 4.79 Å². The molecule has 0 fully saturated rings. The zero-order valence-corrected chi connectivity index (χ0v) is 10.8. The molecule has 96 valence electrons. The van der Waals surface area contributed by atoms with Gasteiger partial charge in [-0.2, -0.15) is 5.26 Å². The van der Waals surface area contributed by atoms with E-state index in [2.05, 4.69) is 11.4 Å². The van der Waals surface area contributed by atoms with Gasteiger partial charge in [0.2, 0.25) is 5.91 Å². The molecule has 0 aliphatic rings. The highest BCUT2D eigenvalue weighted by Gasteiger charge is 2.04. The third-order valence-corrected chi connectivity index (χ3v) is 2.83. The van der Waals surface area contributed by atoms with Gasteiger partial charge in [-0.15, -0.1) is 0 Å². The van der Waals surface area contributed by atoms with E-state index >= 15 is 0 Å². The first-order chi connectivity index (χ1) is 9.17. The van der Waals surface area contributed by atoms with E-state index in [1.165, 1.54) is 0 Å². The summed E-state index contributed by atoms with van der Waals surface area (Å²) >= 11 is 0. The van der Waals surface area contributed by atoms with Gasteiger partial charge in [0.1, 0.15) is 0 Å². The standard InChI is InChI=1S/C15H15N3O/c1-18-7-6-14(11-18)10-17-15(19)8-12-2-4-13(9-16)5-3-12/h2-7,11H,8,10H2,1H3,(H,17,19). The molecule has 2 aromatic rings. The van der Waals surface area contributed by atoms with Crippen LogP contribution in [0.2, 0.25) is 0 Å². The molecule has 1 aromatic heterocycles. The van der Waals surface area contributed by atoms with Crippen molar-refractivity contribution in [3.05, 3.63) is 59.4 Å². The lowest BCUT2D eigenvalue weighted by Crippen LogP contribution is -2.24. The highest BCUT2D eigenvalue weighted by Crippen LogP contribution is 2.04. The molecule has 0 unspecified atom stereocenters. The van der Waals surface area contributed by atoms with Crippen LogP contribution in [-0.2, 0) is 24.8 Å². The summed E-state index contributed by atoms with van der Waals surface area (Å²) in [7, 11) is 1.95. The van der Waals surface area contributed by atoms with Gasteiger partial charge >= 0.3 is 0 Å². The van der Waals surface area contributed by atoms with E-state index < -0.39 is 0 Å². The lowest BCUT2D eigenvalue weighted by molar-refractivity contribution is -0.120. The topological polar surface area (TPSA) is 57.8 Å². The van der Waals surface area contributed by atoms with Gasteiger partial charge in [0.25, 0.3) is 0 Å². The Kier molecular flexibility index (Phi) is 3.99. The van der Waals surface area contributed by atoms with Crippen molar-refractivity contribution in [2.45, 2.75) is 13.0 Å². The molecule has 2 rings (SSSR count). The maximum absolute atomic E-state index is 11.8. The normalized spacial score (nSPS) is 9.89. The number of nitriles is 1. The lowest BCUT2D eigenvalue weighted by atomic mass is 10.1. The fourth-order valence-corrected chi connectivity index (χ4v) is 1.81. The molecule has 1 aromatic carbocycles. The van der Waals surface area contributed by atoms with Crippen LogP contribution in [0.5, 0.6) is 0 Å². The van der Waals surface area contributed by atoms with Crippen molar-refractivity contribution in [3.8, 4) is 6.07 Å². The van der Waals surface area contributed by atoms with Crippen molar-refractivity contribution in [2.75, 3.05) is 0 Å². The first kappa shape index (κ1) is 12.9. The van der Waals surface area contributed by atoms with Gasteiger partial charge in [-0.1, -0.05) is 12.1 Å². The molecule has 0 aliphatic heterocycles. The van der Waals surface area contributed by atoms with Crippen LogP contribution in [0.4, 0.5) is 0 Å². The van der Waals surface area contributed by atoms with Gasteiger partial charge in [0, 0.05) is 26.0 Å². The number of rotatable bonds is 4. The van der Waals surface area contributed by atoms with E-state index in [4.69, 9.17) is 5.26 Å². The number of amides is 1. The first-order valence-electron chi connectivity index (χ1n) is 6.04. The molecule has 19 heavy (non-hydrogen) atoms. The minimum absolute atomic E-state index is 0.0199. The summed E-state index contributed by atoms with van der Waals surface area (Å²) in [4.78, 5) is 11.8. The second-order valence-corrected chi connectivity index (χ2v) is 4.45. The summed E-state index contributed by atoms with van der Waals surface area (Å²) < 4.78 is 1.95. The van der Waals surface area contributed by atoms with Crippen molar-refractivity contribution in [3.63, 3.8) is 0 Å². The number of nitrogens with one attached hydrogen (secondary N) is 1. The number of aromatic nitrogens is 1. The average Bonchev–Trinajstić information content (AvgIpc) is 2.83. The molecule has 1 heterocycles. The first-order valence-corrected chi connectivity index (χ1v) is 6.04. The van der Waals surface area contributed by atoms with Gasteiger partial charge in [0.15, 0.2) is 0 Å². The molecule has 1 N–H and O–H groups in total. The average molecular weight is 253 g/mol. The Hall–Kier alpha value is -2.54. The second kappa shape index (κ2) is 5.87. The molecule has 1 amide bonds. The number of hydrogen-bond acceptors (Lipinski definition) is 2. The fraction of sp³-hybridized carbons (Fsp3) is 0.200. The number of hydrogen-bond donors (Lipinski definition) is 1. The molecule has 0 atom stereocenters. The van der Waals surface area contributed by atoms with Crippen LogP contribution >= 0.6 is 0 Å². The Morgan fingerprint density at radius 3 is 2.58 bits per heavy atom. The minimum atomic E-state index is -0.0199. The maximum atomic E-state index is 11.8. The number of aryl methyl sites for hydroxylation is 1. The SMILES string of the molecule is Cn1ccc(CNC(=O)Cc2ccc(C#N)cc2)c1. The zero-order chi connectivity index (χ0) is 13.7. The number of carbonyl (C=O) groups is 1. The largest absolute Gasteiger partial charge is 0.357 e. The molecular formula is C15H15N3O. The molecule has 0 bridgehead atoms. The quantitative estimate of drug-likeness (QED) is 0.902. The van der Waals surface area contributed by atoms with Gasteiger partial charge in [-0.25, -0.2) is 0 Å². The Morgan fingerprint density at radius 1 is 1.26 bits per heavy atom. The predicted molar refractivity (Wildman–Crippen MR) is 72.1 cm³/mol. The lowest BCUT2D eigenvalue weighted by Gasteiger charge is -2.04. The van der Waals surface area contributed by atoms with E-state index in [0.29, 0.717) is 18.5 Å². The third kappa shape index (κ3) is 3.71. The van der Waals surface area contributed by atoms with Crippen molar-refractivity contribution in [2.24, 2.45) is 7.05 Å². The van der Waals surface area contributed by atoms with E-state index in [1.807, 2.05) is 30.1 Å². The highest BCUT2D eigenvalue weighted by atomic mass is 16.1. The highest BCUT2D eigenvalue weighted by molar-refractivity contribution is 5.78. The molecule has 0 aliphatic carbocycles. The summed E-state index contributed by atoms with van der Waals surface area (Å²) in [6, 6.07) is 11.1. The number of carbonyl (C=O) groups excluding carboxylic acids is 1. The fourth-order valence-electron chi connectivity index (χ4n) is 1.81. The molecule has 0 spiro atoms. The Labute approximate surface area is 112 Å². The van der Waals surface area contributed by atoms with E-state index in [-0.39, 0.29) is 5.91 Å². The van der Waals surface area contributed by atoms with Crippen molar-refractivity contribution in [1.29, 1.82) is 5.26 Å². The van der Waals surface area contributed by atoms with Gasteiger partial charge < -0.3 is 9.88 Å². The minimum Gasteiger partial charge on any atom is -0.357 e. The molecule has 4 nitrogen and oxygen atoms in total. The Balaban J connectivity index is 1.85. The van der Waals surface area contributed by atoms with Gasteiger partial charge in [-0.05, 0) is 29.3 Å². The Morgan fingerprint density at radius 2 is 2.00 bits per heavy atom. The van der Waals surface area contributed by atoms with E-state index in [1.54, 1.807) is 24.3 Å². The van der Waals surface area contributed by atoms with Crippen LogP contribution in [0.15, 0.2) is 42.7 Å². The predicted octanol–water partition coefficient (Wildman–Crippen LogP) is 1.76. The molecule has 0 saturated heterocycles. The summed E-state index contributed by atoms with van der Waals surface area (Å²) in [5.74, 6) is -0.0199. The van der Waals surface area contributed by atoms with Gasteiger partial charge in [0.05, 0.1) is 18.1 Å². The molecular weight excluding hydrogens is 238 g/mol. The van der Waals surface area contributed by atoms with E-state index in [9.17, 15) is 4.79 Å². The van der Waals surface area contributed by atoms with Crippen molar-refractivity contribution < 1.29 is 4.79 Å². The Bertz CT molecular complexity index is 605. The number of benzene rings is 1. The van der Waals surface area contributed by atoms with Crippen LogP contribution in [0.25, 0.3) is 0 Å².